The summed E-state index contributed by atoms with van der Waals surface area (Å²) in [6.07, 6.45) is 3.56. The van der Waals surface area contributed by atoms with Crippen molar-refractivity contribution >= 4 is 5.91 Å². The van der Waals surface area contributed by atoms with Crippen LogP contribution in [0.1, 0.15) is 31.4 Å². The molecule has 3 heterocycles. The molecule has 0 aliphatic carbocycles. The quantitative estimate of drug-likeness (QED) is 0.851. The van der Waals surface area contributed by atoms with E-state index >= 15 is 0 Å². The van der Waals surface area contributed by atoms with Crippen LogP contribution in [0.25, 0.3) is 0 Å². The fourth-order valence-electron chi connectivity index (χ4n) is 3.92. The van der Waals surface area contributed by atoms with Crippen LogP contribution in [0.15, 0.2) is 24.3 Å². The van der Waals surface area contributed by atoms with Crippen molar-refractivity contribution in [1.29, 1.82) is 0 Å². The SMILES string of the molecule is CCc1nnc2n1C[C@H]1CC[C@@H](C2)N1C(=O)COc1ccc(F)cc1. The Morgan fingerprint density at radius 3 is 2.76 bits per heavy atom. The minimum absolute atomic E-state index is 0.0198. The van der Waals surface area contributed by atoms with Gasteiger partial charge < -0.3 is 14.2 Å². The second-order valence-corrected chi connectivity index (χ2v) is 6.63. The van der Waals surface area contributed by atoms with Crippen molar-refractivity contribution in [2.24, 2.45) is 0 Å². The van der Waals surface area contributed by atoms with Crippen molar-refractivity contribution in [3.8, 4) is 5.75 Å². The Balaban J connectivity index is 1.46. The van der Waals surface area contributed by atoms with E-state index in [1.165, 1.54) is 24.3 Å². The summed E-state index contributed by atoms with van der Waals surface area (Å²) in [6, 6.07) is 6.05. The lowest BCUT2D eigenvalue weighted by atomic mass is 10.1. The molecule has 0 saturated carbocycles. The van der Waals surface area contributed by atoms with Crippen LogP contribution in [0.4, 0.5) is 4.39 Å². The average molecular weight is 344 g/mol. The summed E-state index contributed by atoms with van der Waals surface area (Å²) in [7, 11) is 0. The summed E-state index contributed by atoms with van der Waals surface area (Å²) in [4.78, 5) is 14.7. The maximum absolute atomic E-state index is 12.9. The Morgan fingerprint density at radius 2 is 2.00 bits per heavy atom. The molecule has 25 heavy (non-hydrogen) atoms. The predicted octanol–water partition coefficient (Wildman–Crippen LogP) is 1.97. The molecular formula is C18H21FN4O2. The van der Waals surface area contributed by atoms with Gasteiger partial charge in [0.25, 0.3) is 5.91 Å². The number of hydrogen-bond donors (Lipinski definition) is 0. The van der Waals surface area contributed by atoms with Gasteiger partial charge in [-0.25, -0.2) is 4.39 Å². The van der Waals surface area contributed by atoms with Crippen LogP contribution >= 0.6 is 0 Å². The molecule has 2 atom stereocenters. The standard InChI is InChI=1S/C18H21FN4O2/c1-2-16-20-21-17-9-13-5-6-14(10-22(16)17)23(13)18(24)11-25-15-7-3-12(19)4-8-15/h3-4,7-8,13-14H,2,5-6,9-11H2,1H3/t13-,14+/m0/s1. The molecule has 7 heteroatoms. The van der Waals surface area contributed by atoms with E-state index in [0.29, 0.717) is 5.75 Å². The van der Waals surface area contributed by atoms with Crippen molar-refractivity contribution < 1.29 is 13.9 Å². The van der Waals surface area contributed by atoms with Gasteiger partial charge in [-0.15, -0.1) is 10.2 Å². The van der Waals surface area contributed by atoms with Crippen LogP contribution in [0.3, 0.4) is 0 Å². The Bertz CT molecular complexity index is 774. The molecule has 6 nitrogen and oxygen atoms in total. The molecule has 2 aliphatic heterocycles. The first kappa shape index (κ1) is 16.1. The molecule has 1 aromatic heterocycles. The lowest BCUT2D eigenvalue weighted by Gasteiger charge is -2.28. The van der Waals surface area contributed by atoms with Crippen molar-refractivity contribution in [1.82, 2.24) is 19.7 Å². The zero-order valence-corrected chi connectivity index (χ0v) is 14.2. The number of amides is 1. The first-order valence-electron chi connectivity index (χ1n) is 8.76. The fourth-order valence-corrected chi connectivity index (χ4v) is 3.92. The fraction of sp³-hybridized carbons (Fsp3) is 0.500. The molecule has 0 N–H and O–H groups in total. The van der Waals surface area contributed by atoms with Gasteiger partial charge in [0.1, 0.15) is 23.2 Å². The Morgan fingerprint density at radius 1 is 1.24 bits per heavy atom. The number of benzene rings is 1. The third kappa shape index (κ3) is 2.99. The predicted molar refractivity (Wildman–Crippen MR) is 88.7 cm³/mol. The van der Waals surface area contributed by atoms with E-state index in [1.54, 1.807) is 0 Å². The van der Waals surface area contributed by atoms with Crippen LogP contribution < -0.4 is 4.74 Å². The lowest BCUT2D eigenvalue weighted by molar-refractivity contribution is -0.136. The average Bonchev–Trinajstić information content (AvgIpc) is 3.13. The first-order chi connectivity index (χ1) is 12.2. The number of carbonyl (C=O) groups is 1. The second-order valence-electron chi connectivity index (χ2n) is 6.63. The van der Waals surface area contributed by atoms with Crippen molar-refractivity contribution in [2.45, 2.75) is 51.2 Å². The highest BCUT2D eigenvalue weighted by molar-refractivity contribution is 5.79. The summed E-state index contributed by atoms with van der Waals surface area (Å²) in [5.74, 6) is 2.12. The van der Waals surface area contributed by atoms with Gasteiger partial charge in [-0.05, 0) is 37.1 Å². The van der Waals surface area contributed by atoms with E-state index in [-0.39, 0.29) is 30.4 Å². The Kier molecular flexibility index (Phi) is 4.15. The van der Waals surface area contributed by atoms with Gasteiger partial charge in [0.05, 0.1) is 6.04 Å². The molecule has 4 rings (SSSR count). The van der Waals surface area contributed by atoms with E-state index in [9.17, 15) is 9.18 Å². The van der Waals surface area contributed by atoms with Gasteiger partial charge >= 0.3 is 0 Å². The molecule has 2 aliphatic rings. The normalized spacial score (nSPS) is 21.8. The maximum Gasteiger partial charge on any atom is 0.261 e. The van der Waals surface area contributed by atoms with Crippen molar-refractivity contribution in [2.75, 3.05) is 6.61 Å². The van der Waals surface area contributed by atoms with Crippen molar-refractivity contribution in [3.05, 3.63) is 41.7 Å². The van der Waals surface area contributed by atoms with E-state index in [0.717, 1.165) is 43.9 Å². The smallest absolute Gasteiger partial charge is 0.261 e. The Labute approximate surface area is 145 Å². The number of rotatable bonds is 4. The zero-order valence-electron chi connectivity index (χ0n) is 14.2. The van der Waals surface area contributed by atoms with Crippen LogP contribution in [0, 0.1) is 5.82 Å². The molecule has 2 bridgehead atoms. The maximum atomic E-state index is 12.9. The molecular weight excluding hydrogens is 323 g/mol. The molecule has 1 aromatic carbocycles. The van der Waals surface area contributed by atoms with Crippen molar-refractivity contribution in [3.63, 3.8) is 0 Å². The van der Waals surface area contributed by atoms with E-state index in [1.807, 2.05) is 4.90 Å². The monoisotopic (exact) mass is 344 g/mol. The highest BCUT2D eigenvalue weighted by atomic mass is 19.1. The molecule has 2 aromatic rings. The van der Waals surface area contributed by atoms with Crippen LogP contribution in [-0.4, -0.2) is 44.3 Å². The third-order valence-corrected chi connectivity index (χ3v) is 5.12. The van der Waals surface area contributed by atoms with Crippen LogP contribution in [-0.2, 0) is 24.2 Å². The molecule has 0 radical (unpaired) electrons. The number of nitrogens with zero attached hydrogens (tertiary/aromatic N) is 4. The minimum atomic E-state index is -0.320. The van der Waals surface area contributed by atoms with E-state index < -0.39 is 0 Å². The van der Waals surface area contributed by atoms with Gasteiger partial charge in [0.2, 0.25) is 0 Å². The van der Waals surface area contributed by atoms with Gasteiger partial charge in [0.15, 0.2) is 6.61 Å². The largest absolute Gasteiger partial charge is 0.484 e. The summed E-state index contributed by atoms with van der Waals surface area (Å²) in [5, 5.41) is 8.57. The number of halogens is 1. The molecule has 1 amide bonds. The number of carbonyl (C=O) groups excluding carboxylic acids is 1. The molecule has 0 unspecified atom stereocenters. The highest BCUT2D eigenvalue weighted by Gasteiger charge is 2.40. The number of aromatic nitrogens is 3. The van der Waals surface area contributed by atoms with Gasteiger partial charge in [-0.1, -0.05) is 6.92 Å². The lowest BCUT2D eigenvalue weighted by Crippen LogP contribution is -2.44. The van der Waals surface area contributed by atoms with E-state index in [2.05, 4.69) is 21.7 Å². The summed E-state index contributed by atoms with van der Waals surface area (Å²) in [6.45, 7) is 2.80. The summed E-state index contributed by atoms with van der Waals surface area (Å²) >= 11 is 0. The number of aryl methyl sites for hydroxylation is 1. The Hall–Kier alpha value is -2.44. The highest BCUT2D eigenvalue weighted by Crippen LogP contribution is 2.31. The van der Waals surface area contributed by atoms with E-state index in [4.69, 9.17) is 4.74 Å². The van der Waals surface area contributed by atoms with Crippen LogP contribution in [0.5, 0.6) is 5.75 Å². The zero-order chi connectivity index (χ0) is 17.4. The molecule has 132 valence electrons. The topological polar surface area (TPSA) is 60.2 Å². The first-order valence-corrected chi connectivity index (χ1v) is 8.76. The van der Waals surface area contributed by atoms with Gasteiger partial charge in [-0.2, -0.15) is 0 Å². The number of hydrogen-bond acceptors (Lipinski definition) is 4. The minimum Gasteiger partial charge on any atom is -0.484 e. The second kappa shape index (κ2) is 6.46. The number of ether oxygens (including phenoxy) is 1. The van der Waals surface area contributed by atoms with Crippen LogP contribution in [0.2, 0.25) is 0 Å². The van der Waals surface area contributed by atoms with Gasteiger partial charge in [-0.3, -0.25) is 4.79 Å². The molecule has 1 saturated heterocycles. The summed E-state index contributed by atoms with van der Waals surface area (Å²) in [5.41, 5.74) is 0. The third-order valence-electron chi connectivity index (χ3n) is 5.12. The summed E-state index contributed by atoms with van der Waals surface area (Å²) < 4.78 is 20.7. The number of fused-ring (bicyclic) bond motifs is 3. The molecule has 1 fully saturated rings. The molecule has 0 spiro atoms. The van der Waals surface area contributed by atoms with Gasteiger partial charge in [0, 0.05) is 25.4 Å².